The first-order chi connectivity index (χ1) is 10.3. The number of piperidine rings is 1. The van der Waals surface area contributed by atoms with E-state index in [0.29, 0.717) is 19.1 Å². The number of rotatable bonds is 3. The third kappa shape index (κ3) is 3.67. The summed E-state index contributed by atoms with van der Waals surface area (Å²) in [5.74, 6) is 0.297. The number of ether oxygens (including phenoxy) is 1. The van der Waals surface area contributed by atoms with E-state index in [-0.39, 0.29) is 6.04 Å². The highest BCUT2D eigenvalue weighted by Gasteiger charge is 2.32. The van der Waals surface area contributed by atoms with Crippen molar-refractivity contribution in [3.8, 4) is 0 Å². The average molecular weight is 373 g/mol. The molecule has 0 bridgehead atoms. The number of hydrogen-bond donors (Lipinski definition) is 0. The Kier molecular flexibility index (Phi) is 5.32. The predicted molar refractivity (Wildman–Crippen MR) is 87.5 cm³/mol. The second-order valence-corrected chi connectivity index (χ2v) is 7.47. The molecule has 4 nitrogen and oxygen atoms in total. The van der Waals surface area contributed by atoms with Crippen molar-refractivity contribution in [3.05, 3.63) is 20.8 Å². The molecule has 1 aromatic heterocycles. The van der Waals surface area contributed by atoms with E-state index in [9.17, 15) is 4.79 Å². The number of carbonyl (C=O) groups excluding carboxylic acids is 1. The van der Waals surface area contributed by atoms with E-state index in [1.165, 1.54) is 11.3 Å². The molecule has 2 saturated heterocycles. The van der Waals surface area contributed by atoms with Crippen LogP contribution in [-0.4, -0.2) is 54.6 Å². The van der Waals surface area contributed by atoms with Crippen LogP contribution in [0.2, 0.25) is 0 Å². The molecule has 0 aromatic carbocycles. The fourth-order valence-corrected chi connectivity index (χ4v) is 4.58. The van der Waals surface area contributed by atoms with Gasteiger partial charge in [0.1, 0.15) is 0 Å². The van der Waals surface area contributed by atoms with Gasteiger partial charge in [-0.1, -0.05) is 6.42 Å². The van der Waals surface area contributed by atoms with Crippen LogP contribution < -0.4 is 0 Å². The van der Waals surface area contributed by atoms with Gasteiger partial charge in [0.2, 0.25) is 5.91 Å². The first kappa shape index (κ1) is 15.5. The Morgan fingerprint density at radius 1 is 1.33 bits per heavy atom. The van der Waals surface area contributed by atoms with Crippen molar-refractivity contribution in [3.63, 3.8) is 0 Å². The van der Waals surface area contributed by atoms with E-state index in [2.05, 4.69) is 32.3 Å². The van der Waals surface area contributed by atoms with Crippen LogP contribution in [0.4, 0.5) is 0 Å². The lowest BCUT2D eigenvalue weighted by Crippen LogP contribution is -2.53. The molecule has 0 N–H and O–H groups in total. The minimum absolute atomic E-state index is 0.0471. The predicted octanol–water partition coefficient (Wildman–Crippen LogP) is 2.72. The van der Waals surface area contributed by atoms with Crippen LogP contribution in [0, 0.1) is 0 Å². The summed E-state index contributed by atoms with van der Waals surface area (Å²) in [7, 11) is 0. The number of thiophene rings is 1. The Morgan fingerprint density at radius 3 is 2.86 bits per heavy atom. The highest BCUT2D eigenvalue weighted by Crippen LogP contribution is 2.28. The van der Waals surface area contributed by atoms with Crippen molar-refractivity contribution in [1.29, 1.82) is 0 Å². The highest BCUT2D eigenvalue weighted by atomic mass is 79.9. The molecule has 2 fully saturated rings. The van der Waals surface area contributed by atoms with Crippen molar-refractivity contribution in [2.45, 2.75) is 31.8 Å². The summed E-state index contributed by atoms with van der Waals surface area (Å²) >= 11 is 5.36. The standard InChI is InChI=1S/C15H21BrN2O2S/c16-12-4-10-21-14(12)11-18-5-2-1-3-13(18)15(19)17-6-8-20-9-7-17/h4,10,13H,1-3,5-9,11H2. The van der Waals surface area contributed by atoms with Gasteiger partial charge >= 0.3 is 0 Å². The van der Waals surface area contributed by atoms with Gasteiger partial charge in [0.05, 0.1) is 19.3 Å². The van der Waals surface area contributed by atoms with Crippen molar-refractivity contribution in [2.75, 3.05) is 32.8 Å². The zero-order valence-corrected chi connectivity index (χ0v) is 14.5. The van der Waals surface area contributed by atoms with Crippen LogP contribution in [0.3, 0.4) is 0 Å². The van der Waals surface area contributed by atoms with Crippen LogP contribution in [0.5, 0.6) is 0 Å². The maximum atomic E-state index is 12.8. The normalized spacial score (nSPS) is 24.2. The zero-order valence-electron chi connectivity index (χ0n) is 12.1. The molecule has 3 rings (SSSR count). The van der Waals surface area contributed by atoms with Crippen molar-refractivity contribution in [2.24, 2.45) is 0 Å². The van der Waals surface area contributed by atoms with Crippen LogP contribution in [-0.2, 0) is 16.1 Å². The summed E-state index contributed by atoms with van der Waals surface area (Å²) in [6.45, 7) is 4.73. The number of halogens is 1. The van der Waals surface area contributed by atoms with Gasteiger partial charge in [-0.2, -0.15) is 0 Å². The average Bonchev–Trinajstić information content (AvgIpc) is 2.93. The van der Waals surface area contributed by atoms with E-state index < -0.39 is 0 Å². The Bertz CT molecular complexity index is 488. The van der Waals surface area contributed by atoms with Gasteiger partial charge in [0.25, 0.3) is 0 Å². The van der Waals surface area contributed by atoms with Crippen molar-refractivity contribution < 1.29 is 9.53 Å². The minimum atomic E-state index is 0.0471. The molecular weight excluding hydrogens is 352 g/mol. The fraction of sp³-hybridized carbons (Fsp3) is 0.667. The number of nitrogens with zero attached hydrogens (tertiary/aromatic N) is 2. The zero-order chi connectivity index (χ0) is 14.7. The molecule has 1 atom stereocenters. The smallest absolute Gasteiger partial charge is 0.240 e. The number of amides is 1. The van der Waals surface area contributed by atoms with Crippen LogP contribution in [0.25, 0.3) is 0 Å². The van der Waals surface area contributed by atoms with Crippen LogP contribution in [0.1, 0.15) is 24.1 Å². The monoisotopic (exact) mass is 372 g/mol. The quantitative estimate of drug-likeness (QED) is 0.817. The largest absolute Gasteiger partial charge is 0.378 e. The molecule has 116 valence electrons. The Balaban J connectivity index is 1.68. The Hall–Kier alpha value is -0.430. The molecule has 2 aliphatic rings. The van der Waals surface area contributed by atoms with Crippen molar-refractivity contribution in [1.82, 2.24) is 9.80 Å². The molecule has 2 aliphatic heterocycles. The van der Waals surface area contributed by atoms with Gasteiger partial charge in [0.15, 0.2) is 0 Å². The Morgan fingerprint density at radius 2 is 2.14 bits per heavy atom. The van der Waals surface area contributed by atoms with Gasteiger partial charge in [-0.15, -0.1) is 11.3 Å². The third-order valence-corrected chi connectivity index (χ3v) is 6.17. The van der Waals surface area contributed by atoms with Gasteiger partial charge in [-0.25, -0.2) is 0 Å². The molecule has 3 heterocycles. The van der Waals surface area contributed by atoms with Crippen LogP contribution in [0.15, 0.2) is 15.9 Å². The molecule has 0 saturated carbocycles. The molecule has 21 heavy (non-hydrogen) atoms. The first-order valence-corrected chi connectivity index (χ1v) is 9.25. The summed E-state index contributed by atoms with van der Waals surface area (Å²) in [5, 5.41) is 2.10. The molecule has 0 radical (unpaired) electrons. The molecule has 0 spiro atoms. The maximum Gasteiger partial charge on any atom is 0.240 e. The summed E-state index contributed by atoms with van der Waals surface area (Å²) in [6, 6.07) is 2.13. The van der Waals surface area contributed by atoms with E-state index >= 15 is 0 Å². The maximum absolute atomic E-state index is 12.8. The van der Waals surface area contributed by atoms with Crippen molar-refractivity contribution >= 4 is 33.2 Å². The lowest BCUT2D eigenvalue weighted by Gasteiger charge is -2.38. The molecule has 1 amide bonds. The summed E-state index contributed by atoms with van der Waals surface area (Å²) < 4.78 is 6.52. The molecule has 6 heteroatoms. The van der Waals surface area contributed by atoms with E-state index in [1.807, 2.05) is 4.90 Å². The SMILES string of the molecule is O=C(C1CCCCN1Cc1sccc1Br)N1CCOCC1. The molecule has 1 aromatic rings. The second kappa shape index (κ2) is 7.22. The third-order valence-electron chi connectivity index (χ3n) is 4.26. The number of hydrogen-bond acceptors (Lipinski definition) is 4. The number of likely N-dealkylation sites (tertiary alicyclic amines) is 1. The van der Waals surface area contributed by atoms with Gasteiger partial charge in [-0.05, 0) is 46.8 Å². The Labute approximate surface area is 138 Å². The molecule has 0 aliphatic carbocycles. The number of carbonyl (C=O) groups is 1. The fourth-order valence-electron chi connectivity index (χ4n) is 3.08. The van der Waals surface area contributed by atoms with E-state index in [1.54, 1.807) is 11.3 Å². The summed E-state index contributed by atoms with van der Waals surface area (Å²) in [5.41, 5.74) is 0. The number of morpholine rings is 1. The molecular formula is C15H21BrN2O2S. The molecule has 1 unspecified atom stereocenters. The lowest BCUT2D eigenvalue weighted by atomic mass is 10.0. The topological polar surface area (TPSA) is 32.8 Å². The van der Waals surface area contributed by atoms with Crippen LogP contribution >= 0.6 is 27.3 Å². The van der Waals surface area contributed by atoms with E-state index in [0.717, 1.165) is 43.5 Å². The van der Waals surface area contributed by atoms with E-state index in [4.69, 9.17) is 4.74 Å². The van der Waals surface area contributed by atoms with Gasteiger partial charge < -0.3 is 9.64 Å². The summed E-state index contributed by atoms with van der Waals surface area (Å²) in [4.78, 5) is 18.5. The van der Waals surface area contributed by atoms with Gasteiger partial charge in [-0.3, -0.25) is 9.69 Å². The van der Waals surface area contributed by atoms with Gasteiger partial charge in [0, 0.05) is 29.0 Å². The highest BCUT2D eigenvalue weighted by molar-refractivity contribution is 9.10. The summed E-state index contributed by atoms with van der Waals surface area (Å²) in [6.07, 6.45) is 3.33. The first-order valence-electron chi connectivity index (χ1n) is 7.58. The minimum Gasteiger partial charge on any atom is -0.378 e. The lowest BCUT2D eigenvalue weighted by molar-refractivity contribution is -0.142. The second-order valence-electron chi connectivity index (χ2n) is 5.61.